The molecule has 2 amide bonds. The van der Waals surface area contributed by atoms with Crippen LogP contribution < -0.4 is 26.1 Å². The Morgan fingerprint density at radius 2 is 1.81 bits per heavy atom. The van der Waals surface area contributed by atoms with E-state index in [0.717, 1.165) is 23.3 Å². The van der Waals surface area contributed by atoms with Crippen LogP contribution >= 0.6 is 0 Å². The first-order valence-electron chi connectivity index (χ1n) is 12.8. The van der Waals surface area contributed by atoms with Gasteiger partial charge in [-0.2, -0.15) is 0 Å². The minimum Gasteiger partial charge on any atom is -0.493 e. The Kier molecular flexibility index (Phi) is 13.4. The number of nitro groups is 1. The van der Waals surface area contributed by atoms with E-state index in [1.54, 1.807) is 5.43 Å². The lowest BCUT2D eigenvalue weighted by molar-refractivity contribution is -0.525. The summed E-state index contributed by atoms with van der Waals surface area (Å²) in [6.45, 7) is 13.1. The molecule has 208 valence electrons. The molecule has 1 aromatic carbocycles. The molecule has 0 aliphatic rings. The maximum Gasteiger partial charge on any atom is 0.251 e. The number of hydrogen-bond acceptors (Lipinski definition) is 6. The number of carbonyl (C=O) groups excluding carboxylic acids is 2. The first-order valence-corrected chi connectivity index (χ1v) is 12.8. The molecule has 0 fully saturated rings. The number of amides is 2. The average Bonchev–Trinajstić information content (AvgIpc) is 2.79. The van der Waals surface area contributed by atoms with Crippen LogP contribution in [0.2, 0.25) is 0 Å². The summed E-state index contributed by atoms with van der Waals surface area (Å²) in [4.78, 5) is 36.4. The number of benzene rings is 1. The van der Waals surface area contributed by atoms with E-state index >= 15 is 0 Å². The molecule has 5 N–H and O–H groups in total. The highest BCUT2D eigenvalue weighted by atomic mass is 16.7. The van der Waals surface area contributed by atoms with E-state index in [1.165, 1.54) is 0 Å². The van der Waals surface area contributed by atoms with E-state index in [1.807, 2.05) is 45.9 Å². The molecule has 0 spiro atoms. The Labute approximate surface area is 220 Å². The molecule has 0 radical (unpaired) electrons. The summed E-state index contributed by atoms with van der Waals surface area (Å²) in [6, 6.07) is 5.31. The van der Waals surface area contributed by atoms with Gasteiger partial charge in [-0.25, -0.2) is 10.1 Å². The molecule has 1 aromatic rings. The molecule has 1 rings (SSSR count). The lowest BCUT2D eigenvalue weighted by atomic mass is 9.86. The zero-order valence-electron chi connectivity index (χ0n) is 23.0. The second-order valence-electron chi connectivity index (χ2n) is 10.4. The van der Waals surface area contributed by atoms with Gasteiger partial charge in [0.15, 0.2) is 5.03 Å². The van der Waals surface area contributed by atoms with Gasteiger partial charge in [0.2, 0.25) is 11.8 Å². The Morgan fingerprint density at radius 3 is 2.46 bits per heavy atom. The summed E-state index contributed by atoms with van der Waals surface area (Å²) < 4.78 is 5.92. The molecule has 11 nitrogen and oxygen atoms in total. The highest BCUT2D eigenvalue weighted by Gasteiger charge is 2.31. The number of aryl methyl sites for hydroxylation is 2. The summed E-state index contributed by atoms with van der Waals surface area (Å²) >= 11 is 0. The van der Waals surface area contributed by atoms with Crippen molar-refractivity contribution in [2.45, 2.75) is 79.7 Å². The van der Waals surface area contributed by atoms with Crippen molar-refractivity contribution in [3.63, 3.8) is 0 Å². The minimum atomic E-state index is -0.824. The van der Waals surface area contributed by atoms with Crippen molar-refractivity contribution in [2.75, 3.05) is 19.7 Å². The molecule has 0 aromatic heterocycles. The molecule has 0 heterocycles. The van der Waals surface area contributed by atoms with Crippen LogP contribution in [-0.2, 0) is 9.59 Å². The van der Waals surface area contributed by atoms with Gasteiger partial charge >= 0.3 is 0 Å². The quantitative estimate of drug-likeness (QED) is 0.0736. The summed E-state index contributed by atoms with van der Waals surface area (Å²) in [7, 11) is 0. The van der Waals surface area contributed by atoms with Crippen molar-refractivity contribution in [1.82, 2.24) is 21.4 Å². The van der Waals surface area contributed by atoms with Crippen molar-refractivity contribution in [3.8, 4) is 5.75 Å². The van der Waals surface area contributed by atoms with Crippen molar-refractivity contribution in [2.24, 2.45) is 11.3 Å². The first kappa shape index (κ1) is 31.7. The molecule has 0 aliphatic carbocycles. The van der Waals surface area contributed by atoms with Gasteiger partial charge in [0.25, 0.3) is 5.96 Å². The number of rotatable bonds is 16. The maximum atomic E-state index is 13.1. The molecule has 1 atom stereocenters. The molecule has 0 aliphatic heterocycles. The molecule has 11 heteroatoms. The number of carbonyl (C=O) groups is 2. The summed E-state index contributed by atoms with van der Waals surface area (Å²) in [6.07, 6.45) is 2.83. The van der Waals surface area contributed by atoms with Gasteiger partial charge in [-0.05, 0) is 69.1 Å². The van der Waals surface area contributed by atoms with Crippen molar-refractivity contribution < 1.29 is 19.4 Å². The van der Waals surface area contributed by atoms with Crippen LogP contribution in [0.3, 0.4) is 0 Å². The average molecular weight is 521 g/mol. The summed E-state index contributed by atoms with van der Waals surface area (Å²) in [5, 5.41) is 25.4. The summed E-state index contributed by atoms with van der Waals surface area (Å²) in [5.41, 5.74) is 3.20. The number of guanidine groups is 1. The predicted molar refractivity (Wildman–Crippen MR) is 144 cm³/mol. The lowest BCUT2D eigenvalue weighted by Crippen LogP contribution is -2.51. The van der Waals surface area contributed by atoms with E-state index in [9.17, 15) is 19.7 Å². The van der Waals surface area contributed by atoms with Crippen LogP contribution in [0.5, 0.6) is 5.75 Å². The Balaban J connectivity index is 2.64. The van der Waals surface area contributed by atoms with Gasteiger partial charge in [-0.1, -0.05) is 45.3 Å². The minimum absolute atomic E-state index is 0.223. The third-order valence-corrected chi connectivity index (χ3v) is 5.98. The Hall–Kier alpha value is -3.37. The second-order valence-corrected chi connectivity index (χ2v) is 10.4. The van der Waals surface area contributed by atoms with Crippen LogP contribution in [0.15, 0.2) is 18.2 Å². The number of hydrogen-bond donors (Lipinski definition) is 5. The van der Waals surface area contributed by atoms with Crippen molar-refractivity contribution in [3.05, 3.63) is 39.4 Å². The molecule has 0 saturated carbocycles. The molecule has 0 unspecified atom stereocenters. The zero-order chi connectivity index (χ0) is 28.0. The number of nitrogens with one attached hydrogen (secondary N) is 5. The van der Waals surface area contributed by atoms with Crippen LogP contribution in [0.25, 0.3) is 0 Å². The smallest absolute Gasteiger partial charge is 0.251 e. The van der Waals surface area contributed by atoms with Gasteiger partial charge in [0.05, 0.1) is 6.61 Å². The Bertz CT molecular complexity index is 919. The predicted octanol–water partition coefficient (Wildman–Crippen LogP) is 3.22. The fourth-order valence-corrected chi connectivity index (χ4v) is 3.55. The van der Waals surface area contributed by atoms with Crippen LogP contribution in [-0.4, -0.2) is 48.5 Å². The standard InChI is InChI=1S/C26H44N6O5/c1-18(2)12-15-28-23(33)21(9-7-14-29-25(27)31-32(35)36)30-24(34)26(5,6)13-8-16-37-22-17-19(3)10-11-20(22)4/h10-11,17-18,21H,7-9,12-16H2,1-6H3,(H,28,33)(H,30,34)(H3,27,29,31)/t21-/m0/s1. The van der Waals surface area contributed by atoms with Gasteiger partial charge in [0, 0.05) is 18.5 Å². The first-order chi connectivity index (χ1) is 17.3. The van der Waals surface area contributed by atoms with Crippen molar-refractivity contribution >= 4 is 17.8 Å². The number of hydrazine groups is 1. The SMILES string of the molecule is Cc1ccc(C)c(OCCCC(C)(C)C(=O)N[C@@H](CCCNC(=N)N[N+](=O)[O-])C(=O)NCCC(C)C)c1. The monoisotopic (exact) mass is 520 g/mol. The van der Waals surface area contributed by atoms with E-state index in [-0.39, 0.29) is 18.4 Å². The molecular weight excluding hydrogens is 476 g/mol. The third kappa shape index (κ3) is 12.9. The topological polar surface area (TPSA) is 158 Å². The fraction of sp³-hybridized carbons (Fsp3) is 0.654. The third-order valence-electron chi connectivity index (χ3n) is 5.98. The Morgan fingerprint density at radius 1 is 1.11 bits per heavy atom. The van der Waals surface area contributed by atoms with Crippen molar-refractivity contribution in [1.29, 1.82) is 5.41 Å². The van der Waals surface area contributed by atoms with E-state index in [2.05, 4.69) is 29.8 Å². The van der Waals surface area contributed by atoms with Gasteiger partial charge in [0.1, 0.15) is 11.8 Å². The largest absolute Gasteiger partial charge is 0.493 e. The fourth-order valence-electron chi connectivity index (χ4n) is 3.55. The van der Waals surface area contributed by atoms with Gasteiger partial charge < -0.3 is 20.7 Å². The second kappa shape index (κ2) is 15.7. The van der Waals surface area contributed by atoms with Crippen LogP contribution in [0.4, 0.5) is 0 Å². The summed E-state index contributed by atoms with van der Waals surface area (Å²) in [5.74, 6) is 0.356. The zero-order valence-corrected chi connectivity index (χ0v) is 23.0. The maximum absolute atomic E-state index is 13.1. The lowest BCUT2D eigenvalue weighted by Gasteiger charge is -2.27. The molecular formula is C26H44N6O5. The number of nitrogens with zero attached hydrogens (tertiary/aromatic N) is 1. The highest BCUT2D eigenvalue weighted by Crippen LogP contribution is 2.24. The number of ether oxygens (including phenoxy) is 1. The van der Waals surface area contributed by atoms with E-state index in [4.69, 9.17) is 10.1 Å². The molecule has 37 heavy (non-hydrogen) atoms. The normalized spacial score (nSPS) is 12.0. The van der Waals surface area contributed by atoms with Crippen LogP contribution in [0, 0.1) is 40.7 Å². The molecule has 0 saturated heterocycles. The highest BCUT2D eigenvalue weighted by molar-refractivity contribution is 5.89. The van der Waals surface area contributed by atoms with E-state index < -0.39 is 22.4 Å². The molecule has 0 bridgehead atoms. The van der Waals surface area contributed by atoms with E-state index in [0.29, 0.717) is 44.8 Å². The van der Waals surface area contributed by atoms with Crippen LogP contribution in [0.1, 0.15) is 70.9 Å². The van der Waals surface area contributed by atoms with Gasteiger partial charge in [-0.15, -0.1) is 0 Å². The van der Waals surface area contributed by atoms with Gasteiger partial charge in [-0.3, -0.25) is 15.0 Å².